The summed E-state index contributed by atoms with van der Waals surface area (Å²) in [5.41, 5.74) is 7.41. The monoisotopic (exact) mass is 450 g/mol. The molecule has 1 aliphatic heterocycles. The van der Waals surface area contributed by atoms with Gasteiger partial charge in [-0.1, -0.05) is 18.2 Å². The van der Waals surface area contributed by atoms with E-state index >= 15 is 0 Å². The van der Waals surface area contributed by atoms with Gasteiger partial charge < -0.3 is 40.6 Å². The molecule has 3 rings (SSSR count). The number of aliphatic hydroxyl groups is 4. The lowest BCUT2D eigenvalue weighted by Crippen LogP contribution is -2.58. The van der Waals surface area contributed by atoms with Crippen LogP contribution in [0.5, 0.6) is 0 Å². The summed E-state index contributed by atoms with van der Waals surface area (Å²) >= 11 is 0. The summed E-state index contributed by atoms with van der Waals surface area (Å²) in [6.07, 6.45) is -3.52. The van der Waals surface area contributed by atoms with Gasteiger partial charge in [0.15, 0.2) is 5.78 Å². The minimum Gasteiger partial charge on any atom is -0.462 e. The number of hydrogen-bond acceptors (Lipinski definition) is 9. The van der Waals surface area contributed by atoms with Crippen molar-refractivity contribution in [1.29, 1.82) is 0 Å². The average Bonchev–Trinajstić information content (AvgIpc) is 3.14. The van der Waals surface area contributed by atoms with Gasteiger partial charge in [-0.05, 0) is 13.0 Å². The van der Waals surface area contributed by atoms with Crippen molar-refractivity contribution >= 4 is 22.7 Å². The van der Waals surface area contributed by atoms with E-state index in [9.17, 15) is 30.0 Å². The lowest BCUT2D eigenvalue weighted by Gasteiger charge is -2.44. The molecular formula is C22H30N2O8. The molecular weight excluding hydrogens is 420 g/mol. The van der Waals surface area contributed by atoms with Crippen molar-refractivity contribution in [2.24, 2.45) is 11.7 Å². The first-order chi connectivity index (χ1) is 15.0. The second-order valence-corrected chi connectivity index (χ2v) is 8.37. The molecule has 32 heavy (non-hydrogen) atoms. The highest BCUT2D eigenvalue weighted by Crippen LogP contribution is 2.36. The summed E-state index contributed by atoms with van der Waals surface area (Å²) in [6, 6.07) is 6.27. The van der Waals surface area contributed by atoms with Crippen LogP contribution in [0.1, 0.15) is 38.3 Å². The first kappa shape index (κ1) is 24.3. The van der Waals surface area contributed by atoms with Gasteiger partial charge in [-0.25, -0.2) is 4.79 Å². The number of ketones is 1. The van der Waals surface area contributed by atoms with E-state index in [4.69, 9.17) is 15.2 Å². The number of benzene rings is 1. The van der Waals surface area contributed by atoms with Crippen molar-refractivity contribution in [3.05, 3.63) is 36.0 Å². The van der Waals surface area contributed by atoms with E-state index in [1.807, 2.05) is 24.3 Å². The Hall–Kier alpha value is -2.34. The molecule has 0 radical (unpaired) electrons. The Kier molecular flexibility index (Phi) is 7.33. The molecule has 1 aromatic heterocycles. The number of aromatic amines is 1. The van der Waals surface area contributed by atoms with Crippen LogP contribution < -0.4 is 5.73 Å². The van der Waals surface area contributed by atoms with Crippen molar-refractivity contribution in [2.45, 2.75) is 62.9 Å². The van der Waals surface area contributed by atoms with Crippen LogP contribution in [0.2, 0.25) is 0 Å². The fourth-order valence-electron chi connectivity index (χ4n) is 4.19. The third-order valence-corrected chi connectivity index (χ3v) is 5.95. The molecule has 4 unspecified atom stereocenters. The smallest absolute Gasteiger partial charge is 0.327 e. The van der Waals surface area contributed by atoms with Crippen LogP contribution in [-0.4, -0.2) is 74.0 Å². The van der Waals surface area contributed by atoms with E-state index in [0.717, 1.165) is 17.8 Å². The number of carbonyl (C=O) groups excluding carboxylic acids is 2. The second kappa shape index (κ2) is 9.65. The van der Waals surface area contributed by atoms with Gasteiger partial charge in [0.25, 0.3) is 0 Å². The van der Waals surface area contributed by atoms with Crippen LogP contribution >= 0.6 is 0 Å². The van der Waals surface area contributed by atoms with Crippen LogP contribution in [0.15, 0.2) is 30.5 Å². The molecule has 0 bridgehead atoms. The molecule has 176 valence electrons. The zero-order chi connectivity index (χ0) is 23.6. The number of nitrogens with two attached hydrogens (primary N) is 1. The molecule has 10 heteroatoms. The lowest BCUT2D eigenvalue weighted by atomic mass is 9.81. The molecule has 0 amide bonds. The minimum absolute atomic E-state index is 0.197. The number of Topliss-reactive ketones (excluding diaryl/α,β-unsaturated/α-hetero) is 1. The fraction of sp³-hybridized carbons (Fsp3) is 0.545. The van der Waals surface area contributed by atoms with Gasteiger partial charge in [0, 0.05) is 48.3 Å². The molecule has 1 saturated heterocycles. The van der Waals surface area contributed by atoms with Crippen molar-refractivity contribution < 1.29 is 39.5 Å². The summed E-state index contributed by atoms with van der Waals surface area (Å²) in [5, 5.41) is 41.9. The van der Waals surface area contributed by atoms with Crippen molar-refractivity contribution in [3.63, 3.8) is 0 Å². The molecule has 2 heterocycles. The van der Waals surface area contributed by atoms with Gasteiger partial charge in [0.1, 0.15) is 12.6 Å². The topological polar surface area (TPSA) is 175 Å². The molecule has 1 aromatic carbocycles. The summed E-state index contributed by atoms with van der Waals surface area (Å²) in [5.74, 6) is -4.51. The Morgan fingerprint density at radius 3 is 2.69 bits per heavy atom. The van der Waals surface area contributed by atoms with E-state index in [1.165, 1.54) is 6.92 Å². The number of hydrogen-bond donors (Lipinski definition) is 6. The largest absolute Gasteiger partial charge is 0.462 e. The molecule has 7 N–H and O–H groups in total. The SMILES string of the molecule is CC(=O)C1(O)CC(O)C([C@@H](C)O)C(C[C@H](O)COC(=O)[C@H](N)c2c[nH]c3ccccc23)O1. The molecule has 10 nitrogen and oxygen atoms in total. The number of nitrogens with one attached hydrogen (secondary N) is 1. The third kappa shape index (κ3) is 5.01. The first-order valence-electron chi connectivity index (χ1n) is 10.5. The van der Waals surface area contributed by atoms with Crippen LogP contribution in [-0.2, 0) is 19.1 Å². The Bertz CT molecular complexity index is 960. The molecule has 0 spiro atoms. The van der Waals surface area contributed by atoms with E-state index in [2.05, 4.69) is 4.98 Å². The maximum atomic E-state index is 12.4. The highest BCUT2D eigenvalue weighted by Gasteiger charge is 2.50. The summed E-state index contributed by atoms with van der Waals surface area (Å²) in [7, 11) is 0. The molecule has 1 fully saturated rings. The Morgan fingerprint density at radius 2 is 2.03 bits per heavy atom. The predicted molar refractivity (Wildman–Crippen MR) is 113 cm³/mol. The van der Waals surface area contributed by atoms with Gasteiger partial charge in [0.2, 0.25) is 5.79 Å². The van der Waals surface area contributed by atoms with Gasteiger partial charge in [-0.3, -0.25) is 4.79 Å². The molecule has 0 aliphatic carbocycles. The van der Waals surface area contributed by atoms with Crippen LogP contribution in [0.25, 0.3) is 10.9 Å². The summed E-state index contributed by atoms with van der Waals surface area (Å²) in [6.45, 7) is 2.14. The van der Waals surface area contributed by atoms with E-state index in [1.54, 1.807) is 6.20 Å². The third-order valence-electron chi connectivity index (χ3n) is 5.95. The van der Waals surface area contributed by atoms with Crippen LogP contribution in [0, 0.1) is 5.92 Å². The number of fused-ring (bicyclic) bond motifs is 1. The zero-order valence-electron chi connectivity index (χ0n) is 18.0. The Balaban J connectivity index is 1.62. The van der Waals surface area contributed by atoms with Crippen molar-refractivity contribution in [2.75, 3.05) is 6.61 Å². The molecule has 0 saturated carbocycles. The van der Waals surface area contributed by atoms with Crippen LogP contribution in [0.3, 0.4) is 0 Å². The Morgan fingerprint density at radius 1 is 1.34 bits per heavy atom. The van der Waals surface area contributed by atoms with Gasteiger partial charge in [-0.15, -0.1) is 0 Å². The number of aliphatic hydroxyl groups excluding tert-OH is 3. The van der Waals surface area contributed by atoms with Gasteiger partial charge >= 0.3 is 5.97 Å². The first-order valence-corrected chi connectivity index (χ1v) is 10.5. The van der Waals surface area contributed by atoms with Gasteiger partial charge in [-0.2, -0.15) is 0 Å². The lowest BCUT2D eigenvalue weighted by molar-refractivity contribution is -0.285. The highest BCUT2D eigenvalue weighted by molar-refractivity contribution is 5.89. The average molecular weight is 450 g/mol. The standard InChI is InChI=1S/C22H30N2O8/c1-11(25)19-17(28)8-22(30,12(2)26)32-18(19)7-13(27)10-31-21(29)20(23)15-9-24-16-6-4-3-5-14(15)16/h3-6,9,11,13,17-20,24-25,27-28,30H,7-8,10,23H2,1-2H3/t11-,13+,17?,18?,19?,20-,22?/m1/s1. The summed E-state index contributed by atoms with van der Waals surface area (Å²) in [4.78, 5) is 27.2. The number of carbonyl (C=O) groups is 2. The number of ether oxygens (including phenoxy) is 2. The number of H-pyrrole nitrogens is 1. The van der Waals surface area contributed by atoms with E-state index < -0.39 is 60.5 Å². The number of rotatable bonds is 8. The van der Waals surface area contributed by atoms with Crippen molar-refractivity contribution in [3.8, 4) is 0 Å². The number of aromatic nitrogens is 1. The summed E-state index contributed by atoms with van der Waals surface area (Å²) < 4.78 is 10.6. The van der Waals surface area contributed by atoms with Gasteiger partial charge in [0.05, 0.1) is 24.4 Å². The number of esters is 1. The number of para-hydroxylation sites is 1. The predicted octanol–water partition coefficient (Wildman–Crippen LogP) is -0.114. The maximum Gasteiger partial charge on any atom is 0.327 e. The molecule has 7 atom stereocenters. The molecule has 1 aliphatic rings. The molecule has 2 aromatic rings. The Labute approximate surface area is 184 Å². The maximum absolute atomic E-state index is 12.4. The van der Waals surface area contributed by atoms with E-state index in [-0.39, 0.29) is 12.8 Å². The zero-order valence-corrected chi connectivity index (χ0v) is 18.0. The van der Waals surface area contributed by atoms with Crippen LogP contribution in [0.4, 0.5) is 0 Å². The normalized spacial score (nSPS) is 28.8. The fourth-order valence-corrected chi connectivity index (χ4v) is 4.19. The second-order valence-electron chi connectivity index (χ2n) is 8.37. The van der Waals surface area contributed by atoms with Crippen molar-refractivity contribution in [1.82, 2.24) is 4.98 Å². The van der Waals surface area contributed by atoms with E-state index in [0.29, 0.717) is 5.56 Å². The quantitative estimate of drug-likeness (QED) is 0.300. The highest BCUT2D eigenvalue weighted by atomic mass is 16.6. The minimum atomic E-state index is -2.22.